The molecule has 2 aromatic carbocycles. The van der Waals surface area contributed by atoms with Crippen molar-refractivity contribution >= 4 is 21.8 Å². The van der Waals surface area contributed by atoms with Crippen LogP contribution in [-0.2, 0) is 11.2 Å². The molecule has 3 atom stereocenters. The number of nitrogens with one attached hydrogen (secondary N) is 3. The van der Waals surface area contributed by atoms with Gasteiger partial charge in [-0.15, -0.1) is 0 Å². The van der Waals surface area contributed by atoms with Gasteiger partial charge in [-0.1, -0.05) is 58.4 Å². The van der Waals surface area contributed by atoms with E-state index in [1.54, 1.807) is 0 Å². The average molecular weight is 388 g/mol. The van der Waals surface area contributed by atoms with Gasteiger partial charge in [-0.3, -0.25) is 10.2 Å². The third kappa shape index (κ3) is 4.23. The van der Waals surface area contributed by atoms with Crippen molar-refractivity contribution in [2.45, 2.75) is 37.9 Å². The third-order valence-electron chi connectivity index (χ3n) is 4.42. The van der Waals surface area contributed by atoms with Crippen LogP contribution in [0, 0.1) is 0 Å². The Hall–Kier alpha value is -1.69. The fourth-order valence-corrected chi connectivity index (χ4v) is 3.39. The molecule has 3 rings (SSSR count). The molecule has 0 aliphatic carbocycles. The first-order valence-corrected chi connectivity index (χ1v) is 9.02. The molecule has 1 saturated heterocycles. The standard InChI is InChI=1S/C19H22BrN3O/c1-13-18(15-8-10-16(20)11-9-15)19(23-22-13)21-17(24)12-7-14-5-3-2-4-6-14/h2-6,8-11,13,18-19,22-23H,7,12H2,1H3,(H,21,24). The molecule has 1 aliphatic rings. The van der Waals surface area contributed by atoms with Crippen LogP contribution in [0.25, 0.3) is 0 Å². The number of aryl methyl sites for hydroxylation is 1. The van der Waals surface area contributed by atoms with Gasteiger partial charge in [0.25, 0.3) is 0 Å². The van der Waals surface area contributed by atoms with Crippen LogP contribution < -0.4 is 16.2 Å². The van der Waals surface area contributed by atoms with Crippen LogP contribution in [0.1, 0.15) is 30.4 Å². The Kier molecular flexibility index (Phi) is 5.66. The van der Waals surface area contributed by atoms with Gasteiger partial charge in [0.2, 0.25) is 5.91 Å². The molecule has 126 valence electrons. The van der Waals surface area contributed by atoms with Crippen LogP contribution in [-0.4, -0.2) is 18.1 Å². The molecule has 1 aliphatic heterocycles. The smallest absolute Gasteiger partial charge is 0.221 e. The third-order valence-corrected chi connectivity index (χ3v) is 4.95. The summed E-state index contributed by atoms with van der Waals surface area (Å²) in [5.74, 6) is 0.258. The second-order valence-electron chi connectivity index (χ2n) is 6.19. The summed E-state index contributed by atoms with van der Waals surface area (Å²) in [5.41, 5.74) is 8.83. The van der Waals surface area contributed by atoms with E-state index < -0.39 is 0 Å². The maximum Gasteiger partial charge on any atom is 0.221 e. The molecular weight excluding hydrogens is 366 g/mol. The van der Waals surface area contributed by atoms with Crippen LogP contribution in [0.3, 0.4) is 0 Å². The van der Waals surface area contributed by atoms with Crippen molar-refractivity contribution in [2.24, 2.45) is 0 Å². The van der Waals surface area contributed by atoms with E-state index in [2.05, 4.69) is 63.3 Å². The minimum atomic E-state index is -0.107. The minimum absolute atomic E-state index is 0.0642. The van der Waals surface area contributed by atoms with E-state index in [1.807, 2.05) is 30.3 Å². The number of amides is 1. The quantitative estimate of drug-likeness (QED) is 0.738. The summed E-state index contributed by atoms with van der Waals surface area (Å²) in [6.07, 6.45) is 1.14. The normalized spacial score (nSPS) is 23.2. The van der Waals surface area contributed by atoms with Crippen molar-refractivity contribution < 1.29 is 4.79 Å². The number of carbonyl (C=O) groups is 1. The number of hydrogen-bond acceptors (Lipinski definition) is 3. The average Bonchev–Trinajstić information content (AvgIpc) is 2.95. The molecule has 3 unspecified atom stereocenters. The van der Waals surface area contributed by atoms with Gasteiger partial charge in [-0.2, -0.15) is 0 Å². The van der Waals surface area contributed by atoms with Gasteiger partial charge in [0.1, 0.15) is 6.17 Å². The molecule has 0 spiro atoms. The fourth-order valence-electron chi connectivity index (χ4n) is 3.13. The van der Waals surface area contributed by atoms with E-state index in [-0.39, 0.29) is 24.0 Å². The van der Waals surface area contributed by atoms with Gasteiger partial charge in [-0.05, 0) is 36.6 Å². The number of hydrazine groups is 1. The monoisotopic (exact) mass is 387 g/mol. The van der Waals surface area contributed by atoms with Crippen molar-refractivity contribution in [1.82, 2.24) is 16.2 Å². The maximum absolute atomic E-state index is 12.3. The van der Waals surface area contributed by atoms with E-state index in [1.165, 1.54) is 11.1 Å². The Morgan fingerprint density at radius 3 is 2.50 bits per heavy atom. The molecule has 5 heteroatoms. The maximum atomic E-state index is 12.3. The predicted octanol–water partition coefficient (Wildman–Crippen LogP) is 3.10. The lowest BCUT2D eigenvalue weighted by atomic mass is 9.91. The second-order valence-corrected chi connectivity index (χ2v) is 7.10. The molecule has 1 fully saturated rings. The van der Waals surface area contributed by atoms with Crippen LogP contribution in [0.2, 0.25) is 0 Å². The number of hydrogen-bond donors (Lipinski definition) is 3. The van der Waals surface area contributed by atoms with Crippen molar-refractivity contribution in [3.63, 3.8) is 0 Å². The molecule has 0 bridgehead atoms. The Labute approximate surface area is 151 Å². The molecule has 24 heavy (non-hydrogen) atoms. The van der Waals surface area contributed by atoms with Crippen LogP contribution in [0.4, 0.5) is 0 Å². The Bertz CT molecular complexity index is 675. The molecule has 0 radical (unpaired) electrons. The summed E-state index contributed by atoms with van der Waals surface area (Å²) in [7, 11) is 0. The van der Waals surface area contributed by atoms with Crippen LogP contribution >= 0.6 is 15.9 Å². The molecule has 3 N–H and O–H groups in total. The van der Waals surface area contributed by atoms with E-state index >= 15 is 0 Å². The highest BCUT2D eigenvalue weighted by molar-refractivity contribution is 9.10. The van der Waals surface area contributed by atoms with Gasteiger partial charge < -0.3 is 5.32 Å². The predicted molar refractivity (Wildman–Crippen MR) is 99.3 cm³/mol. The zero-order valence-electron chi connectivity index (χ0n) is 13.6. The van der Waals surface area contributed by atoms with Crippen molar-refractivity contribution in [1.29, 1.82) is 0 Å². The molecular formula is C19H22BrN3O. The van der Waals surface area contributed by atoms with Crippen molar-refractivity contribution in [3.8, 4) is 0 Å². The lowest BCUT2D eigenvalue weighted by Gasteiger charge is -2.22. The largest absolute Gasteiger partial charge is 0.339 e. The van der Waals surface area contributed by atoms with Gasteiger partial charge in [0.05, 0.1) is 0 Å². The summed E-state index contributed by atoms with van der Waals surface area (Å²) >= 11 is 3.47. The molecule has 4 nitrogen and oxygen atoms in total. The van der Waals surface area contributed by atoms with E-state index in [4.69, 9.17) is 0 Å². The lowest BCUT2D eigenvalue weighted by Crippen LogP contribution is -2.46. The number of carbonyl (C=O) groups excluding carboxylic acids is 1. The van der Waals surface area contributed by atoms with Crippen LogP contribution in [0.5, 0.6) is 0 Å². The SMILES string of the molecule is CC1NNC(NC(=O)CCc2ccccc2)C1c1ccc(Br)cc1. The fraction of sp³-hybridized carbons (Fsp3) is 0.316. The molecule has 2 aromatic rings. The highest BCUT2D eigenvalue weighted by Crippen LogP contribution is 2.27. The summed E-state index contributed by atoms with van der Waals surface area (Å²) in [5, 5.41) is 3.12. The van der Waals surface area contributed by atoms with E-state index in [0.29, 0.717) is 6.42 Å². The van der Waals surface area contributed by atoms with Gasteiger partial charge in [-0.25, -0.2) is 5.43 Å². The summed E-state index contributed by atoms with van der Waals surface area (Å²) in [4.78, 5) is 12.3. The van der Waals surface area contributed by atoms with Crippen LogP contribution in [0.15, 0.2) is 59.1 Å². The van der Waals surface area contributed by atoms with E-state index in [9.17, 15) is 4.79 Å². The summed E-state index contributed by atoms with van der Waals surface area (Å²) in [6, 6.07) is 18.6. The topological polar surface area (TPSA) is 53.2 Å². The Balaban J connectivity index is 1.60. The van der Waals surface area contributed by atoms with Gasteiger partial charge in [0, 0.05) is 22.9 Å². The minimum Gasteiger partial charge on any atom is -0.339 e. The molecule has 0 saturated carbocycles. The number of halogens is 1. The Morgan fingerprint density at radius 1 is 1.08 bits per heavy atom. The van der Waals surface area contributed by atoms with Gasteiger partial charge in [0.15, 0.2) is 0 Å². The zero-order valence-corrected chi connectivity index (χ0v) is 15.2. The first-order chi connectivity index (χ1) is 11.6. The molecule has 1 amide bonds. The summed E-state index contributed by atoms with van der Waals surface area (Å²) in [6.45, 7) is 2.12. The van der Waals surface area contributed by atoms with Crippen molar-refractivity contribution in [3.05, 3.63) is 70.2 Å². The Morgan fingerprint density at radius 2 is 1.79 bits per heavy atom. The van der Waals surface area contributed by atoms with Crippen molar-refractivity contribution in [2.75, 3.05) is 0 Å². The number of rotatable bonds is 5. The van der Waals surface area contributed by atoms with E-state index in [0.717, 1.165) is 10.9 Å². The summed E-state index contributed by atoms with van der Waals surface area (Å²) < 4.78 is 1.06. The van der Waals surface area contributed by atoms with Gasteiger partial charge >= 0.3 is 0 Å². The first-order valence-electron chi connectivity index (χ1n) is 8.23. The second kappa shape index (κ2) is 7.92. The first kappa shape index (κ1) is 17.1. The number of benzene rings is 2. The zero-order chi connectivity index (χ0) is 16.9. The highest BCUT2D eigenvalue weighted by Gasteiger charge is 2.34. The molecule has 0 aromatic heterocycles. The lowest BCUT2D eigenvalue weighted by molar-refractivity contribution is -0.122. The molecule has 1 heterocycles. The highest BCUT2D eigenvalue weighted by atomic mass is 79.9.